The maximum absolute atomic E-state index is 12.6. The zero-order valence-electron chi connectivity index (χ0n) is 14.4. The maximum Gasteiger partial charge on any atom is 0.341 e. The minimum atomic E-state index is -1.12. The Balaban J connectivity index is 2.07. The Morgan fingerprint density at radius 2 is 1.92 bits per heavy atom. The van der Waals surface area contributed by atoms with Gasteiger partial charge in [-0.05, 0) is 18.2 Å². The van der Waals surface area contributed by atoms with Crippen LogP contribution in [0.2, 0.25) is 0 Å². The monoisotopic (exact) mass is 360 g/mol. The summed E-state index contributed by atoms with van der Waals surface area (Å²) in [7, 11) is 1.89. The molecule has 3 rings (SSSR count). The molecule has 3 aromatic rings. The van der Waals surface area contributed by atoms with E-state index in [1.165, 1.54) is 14.1 Å². The van der Waals surface area contributed by atoms with E-state index in [2.05, 4.69) is 0 Å². The molecule has 1 unspecified atom stereocenters. The Kier molecular flexibility index (Phi) is 4.64. The molecule has 0 bridgehead atoms. The molecule has 2 heterocycles. The van der Waals surface area contributed by atoms with Gasteiger partial charge < -0.3 is 19.0 Å². The topological polar surface area (TPSA) is 70.8 Å². The smallest absolute Gasteiger partial charge is 0.341 e. The molecule has 0 aliphatic carbocycles. The van der Waals surface area contributed by atoms with E-state index in [1.807, 2.05) is 28.7 Å². The zero-order valence-corrected chi connectivity index (χ0v) is 15.2. The number of hydrogen-bond acceptors (Lipinski definition) is 4. The number of nitrogens with zero attached hydrogens (tertiary/aromatic N) is 2. The quantitative estimate of drug-likeness (QED) is 0.398. The summed E-state index contributed by atoms with van der Waals surface area (Å²) in [6, 6.07) is 11.0. The van der Waals surface area contributed by atoms with Crippen LogP contribution in [-0.2, 0) is 15.5 Å². The number of likely N-dealkylation sites (N-methyl/N-ethyl adjacent to an activating group) is 1. The lowest BCUT2D eigenvalue weighted by molar-refractivity contribution is -0.840. The first-order valence-corrected chi connectivity index (χ1v) is 9.41. The van der Waals surface area contributed by atoms with E-state index in [4.69, 9.17) is 4.74 Å². The van der Waals surface area contributed by atoms with Gasteiger partial charge in [0, 0.05) is 17.8 Å². The molecule has 1 aromatic carbocycles. The number of carbonyl (C=O) groups is 1. The second-order valence-corrected chi connectivity index (χ2v) is 7.78. The van der Waals surface area contributed by atoms with E-state index in [1.54, 1.807) is 24.6 Å². The van der Waals surface area contributed by atoms with Gasteiger partial charge in [-0.2, -0.15) is 0 Å². The fraction of sp³-hybridized carbons (Fsp3) is 0.278. The lowest BCUT2D eigenvalue weighted by atomic mass is 10.1. The van der Waals surface area contributed by atoms with Crippen molar-refractivity contribution in [2.24, 2.45) is 0 Å². The average molecular weight is 360 g/mol. The first kappa shape index (κ1) is 17.6. The van der Waals surface area contributed by atoms with Gasteiger partial charge in [-0.3, -0.25) is 4.21 Å². The van der Waals surface area contributed by atoms with Gasteiger partial charge in [-0.15, -0.1) is 0 Å². The number of para-hydroxylation sites is 1. The molecule has 0 saturated carbocycles. The van der Waals surface area contributed by atoms with Crippen LogP contribution in [0.3, 0.4) is 0 Å². The predicted molar refractivity (Wildman–Crippen MR) is 97.9 cm³/mol. The van der Waals surface area contributed by atoms with Crippen LogP contribution in [0.25, 0.3) is 16.4 Å². The Morgan fingerprint density at radius 1 is 1.20 bits per heavy atom. The number of fused-ring (bicyclic) bond motifs is 3. The van der Waals surface area contributed by atoms with Crippen molar-refractivity contribution in [1.29, 1.82) is 0 Å². The number of quaternary nitrogens is 1. The molecule has 0 fully saturated rings. The Labute approximate surface area is 148 Å². The lowest BCUT2D eigenvalue weighted by Crippen LogP contribution is -2.36. The summed E-state index contributed by atoms with van der Waals surface area (Å²) < 4.78 is 18.4. The lowest BCUT2D eigenvalue weighted by Gasteiger charge is -2.33. The number of esters is 1. The SMILES string of the molecule is CS(=O)c1ccc2c(C(=O)OCC[N+](C)(C)[O-])c3ccccc3n2c1. The molecule has 7 heteroatoms. The highest BCUT2D eigenvalue weighted by molar-refractivity contribution is 7.84. The summed E-state index contributed by atoms with van der Waals surface area (Å²) >= 11 is 0. The fourth-order valence-electron chi connectivity index (χ4n) is 2.73. The van der Waals surface area contributed by atoms with E-state index in [-0.39, 0.29) is 13.2 Å². The molecule has 2 aromatic heterocycles. The molecule has 132 valence electrons. The van der Waals surface area contributed by atoms with Crippen LogP contribution in [0.5, 0.6) is 0 Å². The van der Waals surface area contributed by atoms with Crippen LogP contribution >= 0.6 is 0 Å². The third kappa shape index (κ3) is 3.58. The van der Waals surface area contributed by atoms with Crippen LogP contribution in [0.15, 0.2) is 47.5 Å². The summed E-state index contributed by atoms with van der Waals surface area (Å²) in [4.78, 5) is 13.3. The van der Waals surface area contributed by atoms with Gasteiger partial charge in [0.1, 0.15) is 13.2 Å². The minimum Gasteiger partial charge on any atom is -0.633 e. The summed E-state index contributed by atoms with van der Waals surface area (Å²) in [5.74, 6) is -0.461. The van der Waals surface area contributed by atoms with Crippen molar-refractivity contribution >= 4 is 33.2 Å². The number of rotatable bonds is 5. The molecule has 0 N–H and O–H groups in total. The minimum absolute atomic E-state index is 0.0536. The maximum atomic E-state index is 12.6. The fourth-order valence-corrected chi connectivity index (χ4v) is 3.25. The highest BCUT2D eigenvalue weighted by Crippen LogP contribution is 2.28. The molecular weight excluding hydrogens is 340 g/mol. The van der Waals surface area contributed by atoms with Gasteiger partial charge in [0.05, 0.1) is 46.4 Å². The van der Waals surface area contributed by atoms with Crippen molar-refractivity contribution in [2.45, 2.75) is 4.90 Å². The molecule has 0 aliphatic rings. The van der Waals surface area contributed by atoms with E-state index in [0.29, 0.717) is 16.0 Å². The van der Waals surface area contributed by atoms with E-state index in [0.717, 1.165) is 10.9 Å². The number of aromatic nitrogens is 1. The van der Waals surface area contributed by atoms with Gasteiger partial charge in [-0.1, -0.05) is 18.2 Å². The number of hydrogen-bond donors (Lipinski definition) is 0. The molecule has 25 heavy (non-hydrogen) atoms. The van der Waals surface area contributed by atoms with Crippen molar-refractivity contribution in [3.63, 3.8) is 0 Å². The molecule has 1 atom stereocenters. The molecule has 0 radical (unpaired) electrons. The number of carbonyl (C=O) groups excluding carboxylic acids is 1. The molecule has 0 amide bonds. The van der Waals surface area contributed by atoms with Crippen molar-refractivity contribution in [2.75, 3.05) is 33.5 Å². The van der Waals surface area contributed by atoms with Gasteiger partial charge >= 0.3 is 5.97 Å². The van der Waals surface area contributed by atoms with Gasteiger partial charge in [0.2, 0.25) is 0 Å². The summed E-state index contributed by atoms with van der Waals surface area (Å²) in [6.07, 6.45) is 3.40. The van der Waals surface area contributed by atoms with Crippen LogP contribution in [-0.4, -0.2) is 52.7 Å². The zero-order chi connectivity index (χ0) is 18.2. The largest absolute Gasteiger partial charge is 0.633 e. The molecular formula is C18H20N2O4S. The summed E-state index contributed by atoms with van der Waals surface area (Å²) in [5.41, 5.74) is 1.99. The second-order valence-electron chi connectivity index (χ2n) is 6.40. The van der Waals surface area contributed by atoms with Crippen LogP contribution in [0, 0.1) is 5.21 Å². The van der Waals surface area contributed by atoms with Crippen LogP contribution < -0.4 is 0 Å². The van der Waals surface area contributed by atoms with E-state index < -0.39 is 21.4 Å². The Hall–Kier alpha value is -2.22. The summed E-state index contributed by atoms with van der Waals surface area (Å²) in [6.45, 7) is 0.243. The normalized spacial score (nSPS) is 13.3. The first-order valence-electron chi connectivity index (χ1n) is 7.85. The van der Waals surface area contributed by atoms with E-state index >= 15 is 0 Å². The van der Waals surface area contributed by atoms with Crippen molar-refractivity contribution in [3.8, 4) is 0 Å². The predicted octanol–water partition coefficient (Wildman–Crippen LogP) is 2.56. The standard InChI is InChI=1S/C18H20N2O4S/c1-20(2,22)10-11-24-18(21)17-14-6-4-5-7-15(14)19-12-13(25(3)23)8-9-16(17)19/h4-9,12H,10-11H2,1-3H3. The number of benzene rings is 1. The number of hydroxylamine groups is 3. The van der Waals surface area contributed by atoms with E-state index in [9.17, 15) is 14.2 Å². The number of pyridine rings is 1. The van der Waals surface area contributed by atoms with Crippen molar-refractivity contribution < 1.29 is 18.4 Å². The highest BCUT2D eigenvalue weighted by Gasteiger charge is 2.20. The van der Waals surface area contributed by atoms with Crippen molar-refractivity contribution in [3.05, 3.63) is 53.4 Å². The van der Waals surface area contributed by atoms with Crippen LogP contribution in [0.1, 0.15) is 10.4 Å². The summed E-state index contributed by atoms with van der Waals surface area (Å²) in [5, 5.41) is 12.4. The molecule has 0 spiro atoms. The first-order chi connectivity index (χ1) is 11.8. The van der Waals surface area contributed by atoms with Gasteiger partial charge in [0.25, 0.3) is 0 Å². The third-order valence-electron chi connectivity index (χ3n) is 4.01. The Morgan fingerprint density at radius 3 is 2.60 bits per heavy atom. The highest BCUT2D eigenvalue weighted by atomic mass is 32.2. The average Bonchev–Trinajstić information content (AvgIpc) is 2.87. The van der Waals surface area contributed by atoms with Gasteiger partial charge in [-0.25, -0.2) is 4.79 Å². The third-order valence-corrected chi connectivity index (χ3v) is 4.91. The number of ether oxygens (including phenoxy) is 1. The van der Waals surface area contributed by atoms with Gasteiger partial charge in [0.15, 0.2) is 0 Å². The molecule has 0 aliphatic heterocycles. The van der Waals surface area contributed by atoms with Crippen molar-refractivity contribution in [1.82, 2.24) is 4.40 Å². The molecule has 6 nitrogen and oxygen atoms in total. The Bertz CT molecular complexity index is 972. The van der Waals surface area contributed by atoms with Crippen LogP contribution in [0.4, 0.5) is 0 Å². The second kappa shape index (κ2) is 6.59. The molecule has 0 saturated heterocycles.